The van der Waals surface area contributed by atoms with Gasteiger partial charge in [0.1, 0.15) is 10.7 Å². The lowest BCUT2D eigenvalue weighted by Gasteiger charge is -2.15. The van der Waals surface area contributed by atoms with Crippen molar-refractivity contribution in [2.24, 2.45) is 0 Å². The minimum atomic E-state index is -3.40. The van der Waals surface area contributed by atoms with Gasteiger partial charge in [0.25, 0.3) is 0 Å². The minimum absolute atomic E-state index is 0.0779. The molecule has 26 heavy (non-hydrogen) atoms. The number of hydrogen-bond acceptors (Lipinski definition) is 6. The Bertz CT molecular complexity index is 833. The Morgan fingerprint density at radius 1 is 1.23 bits per heavy atom. The Kier molecular flexibility index (Phi) is 5.64. The highest BCUT2D eigenvalue weighted by molar-refractivity contribution is 7.89. The number of anilines is 1. The Balaban J connectivity index is 1.55. The quantitative estimate of drug-likeness (QED) is 0.814. The van der Waals surface area contributed by atoms with Crippen molar-refractivity contribution in [2.45, 2.75) is 50.3 Å². The summed E-state index contributed by atoms with van der Waals surface area (Å²) in [6.07, 6.45) is 4.11. The molecule has 6 nitrogen and oxygen atoms in total. The van der Waals surface area contributed by atoms with E-state index in [0.717, 1.165) is 30.0 Å². The van der Waals surface area contributed by atoms with Gasteiger partial charge in [-0.2, -0.15) is 4.31 Å². The van der Waals surface area contributed by atoms with E-state index in [-0.39, 0.29) is 10.3 Å². The second kappa shape index (κ2) is 7.62. The molecule has 0 radical (unpaired) electrons. The van der Waals surface area contributed by atoms with Crippen LogP contribution in [0, 0.1) is 0 Å². The van der Waals surface area contributed by atoms with Crippen molar-refractivity contribution in [1.29, 1.82) is 0 Å². The molecule has 1 saturated heterocycles. The molecule has 0 bridgehead atoms. The van der Waals surface area contributed by atoms with Crippen molar-refractivity contribution in [1.82, 2.24) is 14.3 Å². The molecule has 0 aliphatic carbocycles. The standard InChI is InChI=1S/C18H26N4O2S2/c1-18(2,3)17-21-14(13-25-17)8-9-19-16-7-6-15(12-20-16)26(23,24)22-10-4-5-11-22/h6-7,12-13H,4-5,8-11H2,1-3H3,(H,19,20). The van der Waals surface area contributed by atoms with Gasteiger partial charge in [-0.1, -0.05) is 20.8 Å². The van der Waals surface area contributed by atoms with Crippen molar-refractivity contribution in [2.75, 3.05) is 25.0 Å². The lowest BCUT2D eigenvalue weighted by molar-refractivity contribution is 0.477. The molecule has 8 heteroatoms. The number of sulfonamides is 1. The van der Waals surface area contributed by atoms with E-state index in [2.05, 4.69) is 41.4 Å². The van der Waals surface area contributed by atoms with Crippen LogP contribution in [0.25, 0.3) is 0 Å². The first-order valence-electron chi connectivity index (χ1n) is 8.92. The van der Waals surface area contributed by atoms with Gasteiger partial charge >= 0.3 is 0 Å². The Hall–Kier alpha value is -1.51. The molecule has 2 aromatic heterocycles. The molecule has 142 valence electrons. The van der Waals surface area contributed by atoms with E-state index >= 15 is 0 Å². The first-order valence-corrected chi connectivity index (χ1v) is 11.2. The van der Waals surface area contributed by atoms with Crippen LogP contribution >= 0.6 is 11.3 Å². The molecule has 0 spiro atoms. The van der Waals surface area contributed by atoms with Crippen LogP contribution in [0.1, 0.15) is 44.3 Å². The fraction of sp³-hybridized carbons (Fsp3) is 0.556. The molecule has 0 atom stereocenters. The smallest absolute Gasteiger partial charge is 0.244 e. The SMILES string of the molecule is CC(C)(C)c1nc(CCNc2ccc(S(=O)(=O)N3CCCC3)cn2)cs1. The van der Waals surface area contributed by atoms with E-state index in [1.807, 2.05) is 0 Å². The first-order chi connectivity index (χ1) is 12.3. The number of aromatic nitrogens is 2. The van der Waals surface area contributed by atoms with Crippen LogP contribution < -0.4 is 5.32 Å². The van der Waals surface area contributed by atoms with E-state index < -0.39 is 10.0 Å². The highest BCUT2D eigenvalue weighted by atomic mass is 32.2. The molecule has 1 fully saturated rings. The van der Waals surface area contributed by atoms with Gasteiger partial charge in [-0.3, -0.25) is 0 Å². The zero-order valence-corrected chi connectivity index (χ0v) is 17.2. The number of thiazole rings is 1. The monoisotopic (exact) mass is 394 g/mol. The summed E-state index contributed by atoms with van der Waals surface area (Å²) in [4.78, 5) is 9.20. The molecule has 1 aliphatic rings. The Morgan fingerprint density at radius 3 is 2.54 bits per heavy atom. The number of hydrogen-bond donors (Lipinski definition) is 1. The van der Waals surface area contributed by atoms with E-state index in [1.54, 1.807) is 23.5 Å². The number of nitrogens with zero attached hydrogens (tertiary/aromatic N) is 3. The molecular formula is C18H26N4O2S2. The summed E-state index contributed by atoms with van der Waals surface area (Å²) in [6, 6.07) is 3.36. The average Bonchev–Trinajstić information content (AvgIpc) is 3.27. The predicted molar refractivity (Wildman–Crippen MR) is 105 cm³/mol. The molecule has 2 aromatic rings. The highest BCUT2D eigenvalue weighted by Gasteiger charge is 2.27. The van der Waals surface area contributed by atoms with Gasteiger partial charge in [-0.05, 0) is 25.0 Å². The third kappa shape index (κ3) is 4.42. The normalized spacial score (nSPS) is 16.1. The van der Waals surface area contributed by atoms with Gasteiger partial charge in [-0.15, -0.1) is 11.3 Å². The molecule has 0 amide bonds. The van der Waals surface area contributed by atoms with Crippen molar-refractivity contribution in [3.05, 3.63) is 34.4 Å². The minimum Gasteiger partial charge on any atom is -0.370 e. The summed E-state index contributed by atoms with van der Waals surface area (Å²) in [6.45, 7) is 8.40. The van der Waals surface area contributed by atoms with Crippen LogP contribution in [0.3, 0.4) is 0 Å². The van der Waals surface area contributed by atoms with Crippen LogP contribution in [0.4, 0.5) is 5.82 Å². The number of rotatable bonds is 6. The van der Waals surface area contributed by atoms with Crippen molar-refractivity contribution in [3.63, 3.8) is 0 Å². The van der Waals surface area contributed by atoms with Crippen molar-refractivity contribution >= 4 is 27.2 Å². The number of nitrogens with one attached hydrogen (secondary N) is 1. The fourth-order valence-corrected chi connectivity index (χ4v) is 5.20. The maximum atomic E-state index is 12.5. The van der Waals surface area contributed by atoms with E-state index in [1.165, 1.54) is 10.5 Å². The number of pyridine rings is 1. The van der Waals surface area contributed by atoms with Crippen LogP contribution in [0.2, 0.25) is 0 Å². The van der Waals surface area contributed by atoms with Gasteiger partial charge in [-0.25, -0.2) is 18.4 Å². The topological polar surface area (TPSA) is 75.2 Å². The lowest BCUT2D eigenvalue weighted by Crippen LogP contribution is -2.27. The van der Waals surface area contributed by atoms with Crippen LogP contribution in [-0.4, -0.2) is 42.3 Å². The third-order valence-electron chi connectivity index (χ3n) is 4.32. The molecule has 1 N–H and O–H groups in total. The molecular weight excluding hydrogens is 368 g/mol. The summed E-state index contributed by atoms with van der Waals surface area (Å²) in [5.74, 6) is 0.677. The zero-order valence-electron chi connectivity index (χ0n) is 15.5. The van der Waals surface area contributed by atoms with Crippen LogP contribution in [-0.2, 0) is 21.9 Å². The maximum absolute atomic E-state index is 12.5. The van der Waals surface area contributed by atoms with Crippen molar-refractivity contribution in [3.8, 4) is 0 Å². The van der Waals surface area contributed by atoms with Gasteiger partial charge in [0, 0.05) is 43.0 Å². The van der Waals surface area contributed by atoms with Gasteiger partial charge in [0.2, 0.25) is 10.0 Å². The largest absolute Gasteiger partial charge is 0.370 e. The van der Waals surface area contributed by atoms with Crippen LogP contribution in [0.5, 0.6) is 0 Å². The molecule has 3 rings (SSSR count). The fourth-order valence-electron chi connectivity index (χ4n) is 2.80. The van der Waals surface area contributed by atoms with Gasteiger partial charge < -0.3 is 5.32 Å². The lowest BCUT2D eigenvalue weighted by atomic mass is 9.98. The van der Waals surface area contributed by atoms with E-state index in [9.17, 15) is 8.42 Å². The zero-order chi connectivity index (χ0) is 18.8. The second-order valence-electron chi connectivity index (χ2n) is 7.56. The Labute approximate surface area is 159 Å². The summed E-state index contributed by atoms with van der Waals surface area (Å²) >= 11 is 1.69. The molecule has 3 heterocycles. The molecule has 0 saturated carbocycles. The second-order valence-corrected chi connectivity index (χ2v) is 10.4. The summed E-state index contributed by atoms with van der Waals surface area (Å²) in [5.41, 5.74) is 1.15. The summed E-state index contributed by atoms with van der Waals surface area (Å²) in [7, 11) is -3.40. The van der Waals surface area contributed by atoms with Crippen LogP contribution in [0.15, 0.2) is 28.6 Å². The molecule has 1 aliphatic heterocycles. The highest BCUT2D eigenvalue weighted by Crippen LogP contribution is 2.25. The van der Waals surface area contributed by atoms with Gasteiger partial charge in [0.05, 0.1) is 10.7 Å². The summed E-state index contributed by atoms with van der Waals surface area (Å²) in [5, 5.41) is 6.47. The first kappa shape index (κ1) is 19.3. The average molecular weight is 395 g/mol. The van der Waals surface area contributed by atoms with E-state index in [0.29, 0.717) is 25.5 Å². The maximum Gasteiger partial charge on any atom is 0.244 e. The summed E-state index contributed by atoms with van der Waals surface area (Å²) < 4.78 is 26.5. The Morgan fingerprint density at radius 2 is 1.96 bits per heavy atom. The third-order valence-corrected chi connectivity index (χ3v) is 7.52. The van der Waals surface area contributed by atoms with Crippen molar-refractivity contribution < 1.29 is 8.42 Å². The van der Waals surface area contributed by atoms with Gasteiger partial charge in [0.15, 0.2) is 0 Å². The predicted octanol–water partition coefficient (Wildman–Crippen LogP) is 3.27. The van der Waals surface area contributed by atoms with E-state index in [4.69, 9.17) is 0 Å². The molecule has 0 unspecified atom stereocenters. The molecule has 0 aromatic carbocycles.